The lowest BCUT2D eigenvalue weighted by molar-refractivity contribution is -0.384. The number of sulfonamides is 1. The molecule has 0 radical (unpaired) electrons. The molecule has 0 unspecified atom stereocenters. The molecule has 0 atom stereocenters. The van der Waals surface area contributed by atoms with Gasteiger partial charge in [0, 0.05) is 32.2 Å². The Labute approximate surface area is 168 Å². The number of morpholine rings is 1. The number of nitrogens with one attached hydrogen (secondary N) is 1. The Hall–Kier alpha value is -2.04. The molecule has 2 aromatic rings. The van der Waals surface area contributed by atoms with E-state index in [-0.39, 0.29) is 16.5 Å². The quantitative estimate of drug-likeness (QED) is 0.540. The van der Waals surface area contributed by atoms with Crippen molar-refractivity contribution < 1.29 is 18.1 Å². The lowest BCUT2D eigenvalue weighted by atomic mass is 10.1. The first-order valence-corrected chi connectivity index (χ1v) is 10.5. The van der Waals surface area contributed by atoms with E-state index in [1.807, 2.05) is 24.3 Å². The van der Waals surface area contributed by atoms with Crippen molar-refractivity contribution in [2.75, 3.05) is 26.3 Å². The lowest BCUT2D eigenvalue weighted by Crippen LogP contribution is -2.35. The highest BCUT2D eigenvalue weighted by molar-refractivity contribution is 7.89. The molecule has 8 nitrogen and oxygen atoms in total. The molecule has 0 amide bonds. The number of hydrogen-bond acceptors (Lipinski definition) is 6. The van der Waals surface area contributed by atoms with Gasteiger partial charge in [0.1, 0.15) is 5.02 Å². The van der Waals surface area contributed by atoms with Gasteiger partial charge in [-0.1, -0.05) is 35.9 Å². The van der Waals surface area contributed by atoms with Crippen LogP contribution >= 0.6 is 11.6 Å². The summed E-state index contributed by atoms with van der Waals surface area (Å²) in [7, 11) is -3.90. The van der Waals surface area contributed by atoms with Crippen LogP contribution in [0, 0.1) is 10.1 Å². The second-order valence-corrected chi connectivity index (χ2v) is 8.57. The molecule has 0 aliphatic carbocycles. The minimum absolute atomic E-state index is 0.0800. The fourth-order valence-electron chi connectivity index (χ4n) is 2.84. The van der Waals surface area contributed by atoms with Gasteiger partial charge >= 0.3 is 0 Å². The van der Waals surface area contributed by atoms with Crippen molar-refractivity contribution >= 4 is 27.3 Å². The SMILES string of the molecule is O=[N+]([O-])c1cc(S(=O)(=O)NCc2ccc(CN3CCOCC3)cc2)ccc1Cl. The van der Waals surface area contributed by atoms with Crippen LogP contribution in [0.5, 0.6) is 0 Å². The predicted molar refractivity (Wildman–Crippen MR) is 105 cm³/mol. The van der Waals surface area contributed by atoms with Gasteiger partial charge in [0.15, 0.2) is 0 Å². The van der Waals surface area contributed by atoms with Crippen LogP contribution in [0.3, 0.4) is 0 Å². The fraction of sp³-hybridized carbons (Fsp3) is 0.333. The minimum atomic E-state index is -3.90. The summed E-state index contributed by atoms with van der Waals surface area (Å²) in [6, 6.07) is 11.1. The van der Waals surface area contributed by atoms with Crippen molar-refractivity contribution in [3.05, 3.63) is 68.7 Å². The third-order valence-corrected chi connectivity index (χ3v) is 6.14. The van der Waals surface area contributed by atoms with Crippen LogP contribution in [-0.4, -0.2) is 44.5 Å². The van der Waals surface area contributed by atoms with Crippen LogP contribution in [0.15, 0.2) is 47.4 Å². The van der Waals surface area contributed by atoms with E-state index in [0.717, 1.165) is 50.0 Å². The summed E-state index contributed by atoms with van der Waals surface area (Å²) in [6.45, 7) is 4.18. The van der Waals surface area contributed by atoms with Gasteiger partial charge in [0.25, 0.3) is 5.69 Å². The molecular formula is C18H20ClN3O5S. The Bertz CT molecular complexity index is 944. The fourth-order valence-corrected chi connectivity index (χ4v) is 4.07. The van der Waals surface area contributed by atoms with Crippen molar-refractivity contribution in [1.82, 2.24) is 9.62 Å². The van der Waals surface area contributed by atoms with Crippen LogP contribution in [0.2, 0.25) is 5.02 Å². The standard InChI is InChI=1S/C18H20ClN3O5S/c19-17-6-5-16(11-18(17)22(23)24)28(25,26)20-12-14-1-3-15(4-2-14)13-21-7-9-27-10-8-21/h1-6,11,20H,7-10,12-13H2. The summed E-state index contributed by atoms with van der Waals surface area (Å²) >= 11 is 5.73. The summed E-state index contributed by atoms with van der Waals surface area (Å²) in [5.74, 6) is 0. The van der Waals surface area contributed by atoms with E-state index in [4.69, 9.17) is 16.3 Å². The first-order valence-electron chi connectivity index (χ1n) is 8.67. The number of rotatable bonds is 7. The number of nitrogens with zero attached hydrogens (tertiary/aromatic N) is 2. The molecule has 1 aliphatic rings. The van der Waals surface area contributed by atoms with Crippen LogP contribution in [0.1, 0.15) is 11.1 Å². The topological polar surface area (TPSA) is 102 Å². The third-order valence-electron chi connectivity index (χ3n) is 4.42. The van der Waals surface area contributed by atoms with Crippen molar-refractivity contribution in [1.29, 1.82) is 0 Å². The number of nitro groups is 1. The normalized spacial score (nSPS) is 15.5. The highest BCUT2D eigenvalue weighted by Gasteiger charge is 2.20. The highest BCUT2D eigenvalue weighted by Crippen LogP contribution is 2.27. The number of benzene rings is 2. The largest absolute Gasteiger partial charge is 0.379 e. The van der Waals surface area contributed by atoms with Crippen molar-refractivity contribution in [2.45, 2.75) is 18.0 Å². The monoisotopic (exact) mass is 425 g/mol. The minimum Gasteiger partial charge on any atom is -0.379 e. The molecule has 10 heteroatoms. The zero-order chi connectivity index (χ0) is 20.1. The molecule has 150 valence electrons. The Kier molecular flexibility index (Phi) is 6.63. The zero-order valence-electron chi connectivity index (χ0n) is 15.0. The summed E-state index contributed by atoms with van der Waals surface area (Å²) in [4.78, 5) is 12.3. The first-order chi connectivity index (χ1) is 13.3. The van der Waals surface area contributed by atoms with Gasteiger partial charge in [-0.05, 0) is 23.3 Å². The molecule has 2 aromatic carbocycles. The van der Waals surface area contributed by atoms with E-state index in [9.17, 15) is 18.5 Å². The molecule has 1 heterocycles. The van der Waals surface area contributed by atoms with Crippen LogP contribution in [-0.2, 0) is 27.8 Å². The highest BCUT2D eigenvalue weighted by atomic mass is 35.5. The molecule has 0 spiro atoms. The predicted octanol–water partition coefficient (Wildman–Crippen LogP) is 2.56. The van der Waals surface area contributed by atoms with Crippen molar-refractivity contribution in [3.8, 4) is 0 Å². The van der Waals surface area contributed by atoms with Crippen LogP contribution in [0.25, 0.3) is 0 Å². The molecule has 3 rings (SSSR count). The van der Waals surface area contributed by atoms with Gasteiger partial charge in [0.05, 0.1) is 23.0 Å². The summed E-state index contributed by atoms with van der Waals surface area (Å²) in [5, 5.41) is 10.8. The van der Waals surface area contributed by atoms with Crippen LogP contribution < -0.4 is 4.72 Å². The first kappa shape index (κ1) is 20.7. The van der Waals surface area contributed by atoms with E-state index in [1.165, 1.54) is 12.1 Å². The summed E-state index contributed by atoms with van der Waals surface area (Å²) in [6.07, 6.45) is 0. The second kappa shape index (κ2) is 8.97. The molecule has 28 heavy (non-hydrogen) atoms. The lowest BCUT2D eigenvalue weighted by Gasteiger charge is -2.26. The third kappa shape index (κ3) is 5.27. The van der Waals surface area contributed by atoms with Gasteiger partial charge in [0.2, 0.25) is 10.0 Å². The average molecular weight is 426 g/mol. The average Bonchev–Trinajstić information content (AvgIpc) is 2.68. The maximum Gasteiger partial charge on any atom is 0.289 e. The van der Waals surface area contributed by atoms with Gasteiger partial charge in [-0.3, -0.25) is 15.0 Å². The second-order valence-electron chi connectivity index (χ2n) is 6.40. The molecule has 0 aromatic heterocycles. The Morgan fingerprint density at radius 2 is 1.75 bits per heavy atom. The maximum atomic E-state index is 12.4. The van der Waals surface area contributed by atoms with Gasteiger partial charge in [-0.25, -0.2) is 13.1 Å². The smallest absolute Gasteiger partial charge is 0.289 e. The van der Waals surface area contributed by atoms with Gasteiger partial charge in [-0.2, -0.15) is 0 Å². The molecule has 1 fully saturated rings. The van der Waals surface area contributed by atoms with E-state index in [1.54, 1.807) is 0 Å². The Morgan fingerprint density at radius 1 is 1.11 bits per heavy atom. The summed E-state index contributed by atoms with van der Waals surface area (Å²) in [5.41, 5.74) is 1.48. The molecule has 1 saturated heterocycles. The van der Waals surface area contributed by atoms with Crippen LogP contribution in [0.4, 0.5) is 5.69 Å². The molecule has 1 aliphatic heterocycles. The molecule has 1 N–H and O–H groups in total. The summed E-state index contributed by atoms with van der Waals surface area (Å²) < 4.78 is 32.6. The van der Waals surface area contributed by atoms with E-state index in [0.29, 0.717) is 0 Å². The number of halogens is 1. The number of nitro benzene ring substituents is 1. The number of ether oxygens (including phenoxy) is 1. The van der Waals surface area contributed by atoms with Crippen molar-refractivity contribution in [2.24, 2.45) is 0 Å². The molecule has 0 bridgehead atoms. The molecule has 0 saturated carbocycles. The molecular weight excluding hydrogens is 406 g/mol. The van der Waals surface area contributed by atoms with Crippen molar-refractivity contribution in [3.63, 3.8) is 0 Å². The zero-order valence-corrected chi connectivity index (χ0v) is 16.6. The van der Waals surface area contributed by atoms with E-state index in [2.05, 4.69) is 9.62 Å². The number of hydrogen-bond donors (Lipinski definition) is 1. The van der Waals surface area contributed by atoms with E-state index < -0.39 is 20.6 Å². The Balaban J connectivity index is 1.62. The maximum absolute atomic E-state index is 12.4. The Morgan fingerprint density at radius 3 is 2.39 bits per heavy atom. The van der Waals surface area contributed by atoms with Gasteiger partial charge in [-0.15, -0.1) is 0 Å². The van der Waals surface area contributed by atoms with Gasteiger partial charge < -0.3 is 4.74 Å². The van der Waals surface area contributed by atoms with E-state index >= 15 is 0 Å².